The Labute approximate surface area is 210 Å². The van der Waals surface area contributed by atoms with Gasteiger partial charge in [0.05, 0.1) is 11.6 Å². The second-order valence-corrected chi connectivity index (χ2v) is 9.02. The Kier molecular flexibility index (Phi) is 7.50. The number of barbiturate groups is 1. The molecule has 2 aliphatic rings. The van der Waals surface area contributed by atoms with Crippen molar-refractivity contribution in [1.29, 1.82) is 0 Å². The van der Waals surface area contributed by atoms with Crippen molar-refractivity contribution < 1.29 is 28.7 Å². The highest BCUT2D eigenvalue weighted by Crippen LogP contribution is 2.37. The molecule has 35 heavy (non-hydrogen) atoms. The summed E-state index contributed by atoms with van der Waals surface area (Å²) >= 11 is 3.41. The number of hydrogen-bond donors (Lipinski definition) is 2. The van der Waals surface area contributed by atoms with Gasteiger partial charge in [-0.1, -0.05) is 31.0 Å². The number of nitrogens with zero attached hydrogens (tertiary/aromatic N) is 1. The maximum Gasteiger partial charge on any atom is 0.331 e. The summed E-state index contributed by atoms with van der Waals surface area (Å²) < 4.78 is 11.6. The number of carbonyl (C=O) groups is 4. The molecule has 5 amide bonds. The number of rotatable bonds is 7. The molecule has 0 spiro atoms. The minimum atomic E-state index is -0.748. The van der Waals surface area contributed by atoms with E-state index in [1.54, 1.807) is 24.3 Å². The predicted molar refractivity (Wildman–Crippen MR) is 132 cm³/mol. The van der Waals surface area contributed by atoms with Gasteiger partial charge in [0.15, 0.2) is 18.1 Å². The van der Waals surface area contributed by atoms with Gasteiger partial charge in [0.1, 0.15) is 5.57 Å². The average molecular weight is 542 g/mol. The fraction of sp³-hybridized carbons (Fsp3) is 0.280. The minimum Gasteiger partial charge on any atom is -0.493 e. The van der Waals surface area contributed by atoms with Crippen LogP contribution in [0.15, 0.2) is 52.5 Å². The highest BCUT2D eigenvalue weighted by molar-refractivity contribution is 9.10. The van der Waals surface area contributed by atoms with Crippen molar-refractivity contribution in [3.05, 3.63) is 58.1 Å². The van der Waals surface area contributed by atoms with E-state index in [1.807, 2.05) is 18.2 Å². The van der Waals surface area contributed by atoms with E-state index in [4.69, 9.17) is 9.47 Å². The number of methoxy groups -OCH3 is 1. The van der Waals surface area contributed by atoms with Crippen LogP contribution in [-0.2, 0) is 14.4 Å². The summed E-state index contributed by atoms with van der Waals surface area (Å²) in [5.41, 5.74) is 0.991. The Bertz CT molecular complexity index is 1190. The summed E-state index contributed by atoms with van der Waals surface area (Å²) in [5, 5.41) is 4.99. The second-order valence-electron chi connectivity index (χ2n) is 8.17. The maximum atomic E-state index is 13.0. The molecule has 1 saturated carbocycles. The van der Waals surface area contributed by atoms with Crippen LogP contribution in [-0.4, -0.2) is 48.4 Å². The first-order valence-corrected chi connectivity index (χ1v) is 11.9. The number of carbonyl (C=O) groups excluding carboxylic acids is 4. The van der Waals surface area contributed by atoms with Crippen LogP contribution in [0.1, 0.15) is 31.2 Å². The van der Waals surface area contributed by atoms with E-state index in [2.05, 4.69) is 26.6 Å². The van der Waals surface area contributed by atoms with Gasteiger partial charge < -0.3 is 14.8 Å². The van der Waals surface area contributed by atoms with Gasteiger partial charge in [-0.05, 0) is 64.7 Å². The Morgan fingerprint density at radius 3 is 2.57 bits per heavy atom. The van der Waals surface area contributed by atoms with Crippen molar-refractivity contribution in [3.8, 4) is 11.5 Å². The smallest absolute Gasteiger partial charge is 0.331 e. The van der Waals surface area contributed by atoms with Gasteiger partial charge in [-0.2, -0.15) is 0 Å². The van der Waals surface area contributed by atoms with Crippen LogP contribution in [0.4, 0.5) is 10.5 Å². The molecule has 2 N–H and O–H groups in total. The van der Waals surface area contributed by atoms with Crippen molar-refractivity contribution in [2.45, 2.75) is 31.7 Å². The lowest BCUT2D eigenvalue weighted by molar-refractivity contribution is -0.131. The van der Waals surface area contributed by atoms with Crippen molar-refractivity contribution >= 4 is 51.4 Å². The van der Waals surface area contributed by atoms with Gasteiger partial charge >= 0.3 is 6.03 Å². The standard InChI is InChI=1S/C25H24BrN3O6/c1-34-20-13-15(11-18-23(31)28-25(33)29(24(18)32)17-9-5-6-10-17)12-19(26)22(20)35-14-21(30)27-16-7-3-2-4-8-16/h2-4,7-8,11-13,17H,5-6,9-10,14H2,1H3,(H,27,30)(H,28,31,33)/b18-11+. The van der Waals surface area contributed by atoms with Gasteiger partial charge in [-0.3, -0.25) is 24.6 Å². The molecule has 182 valence electrons. The molecule has 0 unspecified atom stereocenters. The van der Waals surface area contributed by atoms with Gasteiger partial charge in [0.2, 0.25) is 0 Å². The molecule has 10 heteroatoms. The maximum absolute atomic E-state index is 13.0. The molecule has 1 saturated heterocycles. The summed E-state index contributed by atoms with van der Waals surface area (Å²) in [5.74, 6) is -1.12. The first-order chi connectivity index (χ1) is 16.9. The van der Waals surface area contributed by atoms with E-state index in [1.165, 1.54) is 13.2 Å². The SMILES string of the molecule is COc1cc(/C=C2\C(=O)NC(=O)N(C3CCCC3)C2=O)cc(Br)c1OCC(=O)Nc1ccccc1. The normalized spacial score (nSPS) is 17.5. The second kappa shape index (κ2) is 10.7. The molecule has 0 bridgehead atoms. The van der Waals surface area contributed by atoms with Gasteiger partial charge in [0, 0.05) is 11.7 Å². The Morgan fingerprint density at radius 1 is 1.17 bits per heavy atom. The highest BCUT2D eigenvalue weighted by Gasteiger charge is 2.40. The number of urea groups is 1. The zero-order chi connectivity index (χ0) is 24.9. The summed E-state index contributed by atoms with van der Waals surface area (Å²) in [6.45, 7) is -0.260. The third-order valence-electron chi connectivity index (χ3n) is 5.79. The predicted octanol–water partition coefficient (Wildman–Crippen LogP) is 3.88. The zero-order valence-electron chi connectivity index (χ0n) is 19.0. The zero-order valence-corrected chi connectivity index (χ0v) is 20.6. The highest BCUT2D eigenvalue weighted by atomic mass is 79.9. The third kappa shape index (κ3) is 5.54. The van der Waals surface area contributed by atoms with Crippen LogP contribution in [0, 0.1) is 0 Å². The summed E-state index contributed by atoms with van der Waals surface area (Å²) in [7, 11) is 1.44. The fourth-order valence-electron chi connectivity index (χ4n) is 4.15. The molecular weight excluding hydrogens is 518 g/mol. The first kappa shape index (κ1) is 24.5. The van der Waals surface area contributed by atoms with Crippen LogP contribution >= 0.6 is 15.9 Å². The van der Waals surface area contributed by atoms with E-state index >= 15 is 0 Å². The van der Waals surface area contributed by atoms with Crippen molar-refractivity contribution in [1.82, 2.24) is 10.2 Å². The van der Waals surface area contributed by atoms with Crippen LogP contribution in [0.5, 0.6) is 11.5 Å². The van der Waals surface area contributed by atoms with Crippen molar-refractivity contribution in [2.24, 2.45) is 0 Å². The third-order valence-corrected chi connectivity index (χ3v) is 6.38. The molecule has 9 nitrogen and oxygen atoms in total. The largest absolute Gasteiger partial charge is 0.493 e. The molecule has 2 fully saturated rings. The molecule has 0 radical (unpaired) electrons. The molecule has 0 aromatic heterocycles. The Balaban J connectivity index is 1.53. The molecular formula is C25H24BrN3O6. The van der Waals surface area contributed by atoms with E-state index in [9.17, 15) is 19.2 Å². The number of benzene rings is 2. The molecule has 1 heterocycles. The lowest BCUT2D eigenvalue weighted by Gasteiger charge is -2.31. The van der Waals surface area contributed by atoms with Crippen LogP contribution in [0.3, 0.4) is 0 Å². The van der Waals surface area contributed by atoms with Crippen LogP contribution in [0.25, 0.3) is 6.08 Å². The van der Waals surface area contributed by atoms with Gasteiger partial charge in [-0.25, -0.2) is 4.79 Å². The lowest BCUT2D eigenvalue weighted by atomic mass is 10.0. The number of halogens is 1. The van der Waals surface area contributed by atoms with E-state index < -0.39 is 17.8 Å². The lowest BCUT2D eigenvalue weighted by Crippen LogP contribution is -2.57. The van der Waals surface area contributed by atoms with Crippen molar-refractivity contribution in [2.75, 3.05) is 19.0 Å². The topological polar surface area (TPSA) is 114 Å². The number of para-hydroxylation sites is 1. The number of hydrogen-bond acceptors (Lipinski definition) is 6. The van der Waals surface area contributed by atoms with Crippen molar-refractivity contribution in [3.63, 3.8) is 0 Å². The minimum absolute atomic E-state index is 0.138. The number of anilines is 1. The first-order valence-electron chi connectivity index (χ1n) is 11.1. The number of amides is 5. The molecule has 4 rings (SSSR count). The van der Waals surface area contributed by atoms with E-state index in [-0.39, 0.29) is 24.1 Å². The number of ether oxygens (including phenoxy) is 2. The molecule has 2 aromatic rings. The van der Waals surface area contributed by atoms with Gasteiger partial charge in [0.25, 0.3) is 17.7 Å². The number of nitrogens with one attached hydrogen (secondary N) is 2. The van der Waals surface area contributed by atoms with Crippen LogP contribution < -0.4 is 20.1 Å². The monoisotopic (exact) mass is 541 g/mol. The summed E-state index contributed by atoms with van der Waals surface area (Å²) in [6.07, 6.45) is 4.73. The molecule has 2 aromatic carbocycles. The number of imide groups is 2. The molecule has 0 atom stereocenters. The van der Waals surface area contributed by atoms with Gasteiger partial charge in [-0.15, -0.1) is 0 Å². The average Bonchev–Trinajstić information content (AvgIpc) is 3.35. The molecule has 1 aliphatic carbocycles. The Hall–Kier alpha value is -3.66. The quantitative estimate of drug-likeness (QED) is 0.406. The van der Waals surface area contributed by atoms with E-state index in [0.717, 1.165) is 30.6 Å². The van der Waals surface area contributed by atoms with Crippen LogP contribution in [0.2, 0.25) is 0 Å². The van der Waals surface area contributed by atoms with E-state index in [0.29, 0.717) is 27.2 Å². The fourth-order valence-corrected chi connectivity index (χ4v) is 4.73. The summed E-state index contributed by atoms with van der Waals surface area (Å²) in [6, 6.07) is 11.3. The Morgan fingerprint density at radius 2 is 1.89 bits per heavy atom. The molecule has 1 aliphatic heterocycles. The summed E-state index contributed by atoms with van der Waals surface area (Å²) in [4.78, 5) is 51.2.